The van der Waals surface area contributed by atoms with Gasteiger partial charge in [0.2, 0.25) is 0 Å². The molecule has 2 nitrogen and oxygen atoms in total. The van der Waals surface area contributed by atoms with Crippen molar-refractivity contribution in [3.05, 3.63) is 27.7 Å². The fraction of sp³-hybridized carbons (Fsp3) is 0.125. The van der Waals surface area contributed by atoms with Crippen LogP contribution in [0.5, 0.6) is 5.75 Å². The van der Waals surface area contributed by atoms with Gasteiger partial charge in [-0.1, -0.05) is 0 Å². The lowest BCUT2D eigenvalue weighted by molar-refractivity contribution is 0.379. The Balaban J connectivity index is 3.53. The van der Waals surface area contributed by atoms with Crippen molar-refractivity contribution in [2.45, 2.75) is 0 Å². The van der Waals surface area contributed by atoms with Crippen molar-refractivity contribution in [3.8, 4) is 11.8 Å². The van der Waals surface area contributed by atoms with Crippen LogP contribution in [0.2, 0.25) is 0 Å². The van der Waals surface area contributed by atoms with Crippen LogP contribution in [0.1, 0.15) is 5.56 Å². The van der Waals surface area contributed by atoms with Gasteiger partial charge in [-0.25, -0.2) is 8.78 Å². The predicted molar refractivity (Wildman–Crippen MR) is 45.3 cm³/mol. The smallest absolute Gasteiger partial charge is 0.180 e. The van der Waals surface area contributed by atoms with E-state index >= 15 is 0 Å². The number of rotatable bonds is 1. The quantitative estimate of drug-likeness (QED) is 0.715. The lowest BCUT2D eigenvalue weighted by atomic mass is 10.2. The molecule has 68 valence electrons. The van der Waals surface area contributed by atoms with Gasteiger partial charge >= 0.3 is 0 Å². The number of benzene rings is 1. The Morgan fingerprint density at radius 1 is 1.54 bits per heavy atom. The van der Waals surface area contributed by atoms with E-state index in [1.165, 1.54) is 13.2 Å². The van der Waals surface area contributed by atoms with Gasteiger partial charge in [0, 0.05) is 0 Å². The maximum Gasteiger partial charge on any atom is 0.180 e. The Bertz CT molecular complexity index is 387. The molecule has 0 aliphatic heterocycles. The summed E-state index contributed by atoms with van der Waals surface area (Å²) in [6.07, 6.45) is 0. The summed E-state index contributed by atoms with van der Waals surface area (Å²) in [4.78, 5) is 0. The van der Waals surface area contributed by atoms with E-state index in [2.05, 4.69) is 20.7 Å². The van der Waals surface area contributed by atoms with E-state index in [0.29, 0.717) is 0 Å². The molecule has 0 unspecified atom stereocenters. The first-order valence-electron chi connectivity index (χ1n) is 3.23. The predicted octanol–water partition coefficient (Wildman–Crippen LogP) is 2.61. The molecule has 0 bridgehead atoms. The highest BCUT2D eigenvalue weighted by Gasteiger charge is 2.17. The minimum Gasteiger partial charge on any atom is -0.492 e. The lowest BCUT2D eigenvalue weighted by Crippen LogP contribution is -1.96. The normalized spacial score (nSPS) is 9.46. The number of ether oxygens (including phenoxy) is 1. The molecular weight excluding hydrogens is 244 g/mol. The highest BCUT2D eigenvalue weighted by Crippen LogP contribution is 2.30. The van der Waals surface area contributed by atoms with Gasteiger partial charge in [-0.05, 0) is 22.0 Å². The zero-order chi connectivity index (χ0) is 10.0. The van der Waals surface area contributed by atoms with Crippen molar-refractivity contribution in [3.63, 3.8) is 0 Å². The zero-order valence-electron chi connectivity index (χ0n) is 6.57. The second kappa shape index (κ2) is 3.71. The molecule has 0 radical (unpaired) electrons. The summed E-state index contributed by atoms with van der Waals surface area (Å²) in [5.41, 5.74) is -0.428. The molecule has 0 heterocycles. The highest BCUT2D eigenvalue weighted by atomic mass is 79.9. The van der Waals surface area contributed by atoms with E-state index in [4.69, 9.17) is 5.26 Å². The van der Waals surface area contributed by atoms with Gasteiger partial charge in [0.15, 0.2) is 11.6 Å². The fourth-order valence-electron chi connectivity index (χ4n) is 0.869. The Kier molecular flexibility index (Phi) is 2.83. The van der Waals surface area contributed by atoms with Crippen LogP contribution in [0.25, 0.3) is 0 Å². The van der Waals surface area contributed by atoms with E-state index in [1.807, 2.05) is 0 Å². The van der Waals surface area contributed by atoms with Crippen molar-refractivity contribution >= 4 is 15.9 Å². The highest BCUT2D eigenvalue weighted by molar-refractivity contribution is 9.10. The second-order valence-electron chi connectivity index (χ2n) is 2.17. The molecule has 0 saturated carbocycles. The van der Waals surface area contributed by atoms with Crippen molar-refractivity contribution in [2.24, 2.45) is 0 Å². The maximum atomic E-state index is 13.1. The third kappa shape index (κ3) is 1.63. The molecule has 1 aromatic rings. The van der Waals surface area contributed by atoms with Crippen molar-refractivity contribution in [1.82, 2.24) is 0 Å². The molecule has 0 atom stereocenters. The van der Waals surface area contributed by atoms with E-state index in [1.54, 1.807) is 0 Å². The van der Waals surface area contributed by atoms with Crippen LogP contribution in [0.15, 0.2) is 10.5 Å². The van der Waals surface area contributed by atoms with Gasteiger partial charge in [0.25, 0.3) is 0 Å². The maximum absolute atomic E-state index is 13.1. The van der Waals surface area contributed by atoms with Crippen molar-refractivity contribution in [2.75, 3.05) is 7.11 Å². The Hall–Kier alpha value is -1.15. The second-order valence-corrected chi connectivity index (χ2v) is 3.03. The zero-order valence-corrected chi connectivity index (χ0v) is 8.15. The SMILES string of the molecule is COc1c(F)c(Br)cc(F)c1C#N. The third-order valence-electron chi connectivity index (χ3n) is 1.44. The van der Waals surface area contributed by atoms with Crippen LogP contribution in [0.4, 0.5) is 8.78 Å². The average molecular weight is 248 g/mol. The molecule has 0 aliphatic carbocycles. The Labute approximate surface area is 81.9 Å². The summed E-state index contributed by atoms with van der Waals surface area (Å²) >= 11 is 2.80. The minimum atomic E-state index is -0.812. The summed E-state index contributed by atoms with van der Waals surface area (Å²) in [6, 6.07) is 2.41. The first-order chi connectivity index (χ1) is 6.11. The summed E-state index contributed by atoms with van der Waals surface area (Å²) in [5, 5.41) is 8.49. The molecule has 1 aromatic carbocycles. The van der Waals surface area contributed by atoms with Crippen LogP contribution in [0, 0.1) is 23.0 Å². The fourth-order valence-corrected chi connectivity index (χ4v) is 1.25. The largest absolute Gasteiger partial charge is 0.492 e. The van der Waals surface area contributed by atoms with Gasteiger partial charge in [-0.15, -0.1) is 0 Å². The van der Waals surface area contributed by atoms with Crippen LogP contribution >= 0.6 is 15.9 Å². The third-order valence-corrected chi connectivity index (χ3v) is 2.02. The number of nitriles is 1. The summed E-state index contributed by atoms with van der Waals surface area (Å²) in [6.45, 7) is 0. The molecule has 0 N–H and O–H groups in total. The van der Waals surface area contributed by atoms with Crippen molar-refractivity contribution < 1.29 is 13.5 Å². The summed E-state index contributed by atoms with van der Waals surface area (Å²) in [5.74, 6) is -1.97. The lowest BCUT2D eigenvalue weighted by Gasteiger charge is -2.05. The van der Waals surface area contributed by atoms with Gasteiger partial charge in [0.1, 0.15) is 17.4 Å². The first kappa shape index (κ1) is 9.93. The summed E-state index contributed by atoms with van der Waals surface area (Å²) < 4.78 is 30.6. The number of methoxy groups -OCH3 is 1. The molecule has 0 amide bonds. The van der Waals surface area contributed by atoms with Crippen LogP contribution in [-0.4, -0.2) is 7.11 Å². The molecule has 0 spiro atoms. The van der Waals surface area contributed by atoms with E-state index < -0.39 is 17.2 Å². The summed E-state index contributed by atoms with van der Waals surface area (Å²) in [7, 11) is 1.17. The van der Waals surface area contributed by atoms with E-state index in [9.17, 15) is 8.78 Å². The number of halogens is 3. The van der Waals surface area contributed by atoms with Gasteiger partial charge in [0.05, 0.1) is 11.6 Å². The monoisotopic (exact) mass is 247 g/mol. The van der Waals surface area contributed by atoms with Crippen LogP contribution < -0.4 is 4.74 Å². The molecule has 5 heteroatoms. The Morgan fingerprint density at radius 3 is 2.62 bits per heavy atom. The topological polar surface area (TPSA) is 33.0 Å². The van der Waals surface area contributed by atoms with E-state index in [0.717, 1.165) is 6.07 Å². The molecule has 13 heavy (non-hydrogen) atoms. The number of nitrogens with zero attached hydrogens (tertiary/aromatic N) is 1. The number of hydrogen-bond donors (Lipinski definition) is 0. The van der Waals surface area contributed by atoms with E-state index in [-0.39, 0.29) is 10.2 Å². The average Bonchev–Trinajstić information content (AvgIpc) is 2.10. The van der Waals surface area contributed by atoms with Crippen LogP contribution in [0.3, 0.4) is 0 Å². The molecule has 1 rings (SSSR count). The molecule has 0 aliphatic rings. The molecule has 0 aromatic heterocycles. The van der Waals surface area contributed by atoms with Crippen LogP contribution in [-0.2, 0) is 0 Å². The standard InChI is InChI=1S/C8H4BrF2NO/c1-13-8-4(3-12)6(10)2-5(9)7(8)11/h2H,1H3. The van der Waals surface area contributed by atoms with Gasteiger partial charge < -0.3 is 4.74 Å². The van der Waals surface area contributed by atoms with Gasteiger partial charge in [-0.3, -0.25) is 0 Å². The van der Waals surface area contributed by atoms with Gasteiger partial charge in [-0.2, -0.15) is 5.26 Å². The minimum absolute atomic E-state index is 0.0687. The molecule has 0 fully saturated rings. The molecule has 0 saturated heterocycles. The number of hydrogen-bond acceptors (Lipinski definition) is 2. The van der Waals surface area contributed by atoms with Crippen molar-refractivity contribution in [1.29, 1.82) is 5.26 Å². The first-order valence-corrected chi connectivity index (χ1v) is 4.02. The Morgan fingerprint density at radius 2 is 2.15 bits per heavy atom. The molecular formula is C8H4BrF2NO.